The molecule has 1 unspecified atom stereocenters. The fourth-order valence-corrected chi connectivity index (χ4v) is 4.56. The first-order valence-electron chi connectivity index (χ1n) is 10.5. The van der Waals surface area contributed by atoms with Crippen LogP contribution in [0.3, 0.4) is 0 Å². The zero-order valence-electron chi connectivity index (χ0n) is 18.2. The van der Waals surface area contributed by atoms with Gasteiger partial charge in [0.15, 0.2) is 0 Å². The van der Waals surface area contributed by atoms with Crippen LogP contribution >= 0.6 is 0 Å². The van der Waals surface area contributed by atoms with E-state index in [1.807, 2.05) is 45.3 Å². The molecule has 31 heavy (non-hydrogen) atoms. The Balaban J connectivity index is 1.52. The summed E-state index contributed by atoms with van der Waals surface area (Å²) >= 11 is 0. The maximum atomic E-state index is 13.3. The van der Waals surface area contributed by atoms with Crippen molar-refractivity contribution >= 4 is 23.4 Å². The highest BCUT2D eigenvalue weighted by Crippen LogP contribution is 2.43. The van der Waals surface area contributed by atoms with E-state index in [1.54, 1.807) is 28.0 Å². The molecule has 1 saturated heterocycles. The molecule has 4 rings (SSSR count). The van der Waals surface area contributed by atoms with Crippen molar-refractivity contribution in [2.75, 3.05) is 25.5 Å². The summed E-state index contributed by atoms with van der Waals surface area (Å²) in [5, 5.41) is 2.96. The first-order chi connectivity index (χ1) is 14.8. The zero-order valence-corrected chi connectivity index (χ0v) is 18.2. The van der Waals surface area contributed by atoms with Crippen LogP contribution in [0.25, 0.3) is 0 Å². The van der Waals surface area contributed by atoms with Gasteiger partial charge in [-0.1, -0.05) is 36.4 Å². The maximum Gasteiger partial charge on any atom is 0.258 e. The van der Waals surface area contributed by atoms with Gasteiger partial charge in [0.1, 0.15) is 12.2 Å². The van der Waals surface area contributed by atoms with E-state index in [9.17, 15) is 14.4 Å². The second-order valence-electron chi connectivity index (χ2n) is 8.64. The van der Waals surface area contributed by atoms with Gasteiger partial charge < -0.3 is 15.1 Å². The van der Waals surface area contributed by atoms with Crippen molar-refractivity contribution in [1.82, 2.24) is 15.1 Å². The number of benzene rings is 2. The minimum atomic E-state index is -0.831. The van der Waals surface area contributed by atoms with Crippen LogP contribution in [0.4, 0.5) is 5.69 Å². The molecule has 1 N–H and O–H groups in total. The van der Waals surface area contributed by atoms with Crippen molar-refractivity contribution in [3.63, 3.8) is 0 Å². The molecule has 7 heteroatoms. The van der Waals surface area contributed by atoms with Crippen molar-refractivity contribution < 1.29 is 14.4 Å². The summed E-state index contributed by atoms with van der Waals surface area (Å²) in [6.07, 6.45) is 0.860. The molecule has 0 spiro atoms. The number of nitrogens with one attached hydrogen (secondary N) is 1. The molecule has 0 bridgehead atoms. The first kappa shape index (κ1) is 21.1. The molecule has 0 radical (unpaired) electrons. The largest absolute Gasteiger partial charge is 0.350 e. The SMILES string of the molecule is CN(C)Cc1ccccc1CNC(=O)CN1C(=O)c2ccccc2N2C(=O)CCC12C. The lowest BCUT2D eigenvalue weighted by Crippen LogP contribution is -2.63. The number of carbonyl (C=O) groups is 3. The Kier molecular flexibility index (Phi) is 5.54. The van der Waals surface area contributed by atoms with Crippen molar-refractivity contribution in [2.45, 2.75) is 38.5 Å². The zero-order chi connectivity index (χ0) is 22.2. The van der Waals surface area contributed by atoms with E-state index in [1.165, 1.54) is 0 Å². The molecule has 1 atom stereocenters. The van der Waals surface area contributed by atoms with E-state index in [4.69, 9.17) is 0 Å². The van der Waals surface area contributed by atoms with Crippen LogP contribution in [0, 0.1) is 0 Å². The van der Waals surface area contributed by atoms with E-state index in [-0.39, 0.29) is 24.3 Å². The summed E-state index contributed by atoms with van der Waals surface area (Å²) < 4.78 is 0. The number of carbonyl (C=O) groups excluding carboxylic acids is 3. The average Bonchev–Trinajstić information content (AvgIpc) is 3.05. The summed E-state index contributed by atoms with van der Waals surface area (Å²) in [6.45, 7) is 2.94. The monoisotopic (exact) mass is 420 g/mol. The highest BCUT2D eigenvalue weighted by Gasteiger charge is 2.53. The second kappa shape index (κ2) is 8.15. The van der Waals surface area contributed by atoms with Crippen molar-refractivity contribution in [3.05, 3.63) is 65.2 Å². The Hall–Kier alpha value is -3.19. The number of fused-ring (bicyclic) bond motifs is 3. The van der Waals surface area contributed by atoms with Gasteiger partial charge in [-0.3, -0.25) is 19.3 Å². The van der Waals surface area contributed by atoms with Gasteiger partial charge in [-0.25, -0.2) is 0 Å². The number of hydrogen-bond donors (Lipinski definition) is 1. The lowest BCUT2D eigenvalue weighted by atomic mass is 9.98. The predicted octanol–water partition coefficient (Wildman–Crippen LogP) is 2.36. The van der Waals surface area contributed by atoms with Gasteiger partial charge >= 0.3 is 0 Å². The molecule has 0 aromatic heterocycles. The smallest absolute Gasteiger partial charge is 0.258 e. The number of hydrogen-bond acceptors (Lipinski definition) is 4. The fraction of sp³-hybridized carbons (Fsp3) is 0.375. The molecule has 0 saturated carbocycles. The van der Waals surface area contributed by atoms with E-state index >= 15 is 0 Å². The van der Waals surface area contributed by atoms with Gasteiger partial charge in [0, 0.05) is 19.5 Å². The average molecular weight is 421 g/mol. The molecule has 3 amide bonds. The number of rotatable bonds is 6. The fourth-order valence-electron chi connectivity index (χ4n) is 4.56. The standard InChI is InChI=1S/C24H28N4O3/c1-24-13-12-22(30)28(24)20-11-7-6-10-19(20)23(31)27(24)16-21(29)25-14-17-8-4-5-9-18(17)15-26(2)3/h4-11H,12-16H2,1-3H3,(H,25,29). The maximum absolute atomic E-state index is 13.3. The third-order valence-electron chi connectivity index (χ3n) is 6.13. The Morgan fingerprint density at radius 2 is 1.74 bits per heavy atom. The lowest BCUT2D eigenvalue weighted by Gasteiger charge is -2.48. The van der Waals surface area contributed by atoms with Crippen molar-refractivity contribution in [3.8, 4) is 0 Å². The van der Waals surface area contributed by atoms with Gasteiger partial charge in [-0.05, 0) is 50.7 Å². The lowest BCUT2D eigenvalue weighted by molar-refractivity contribution is -0.124. The molecule has 2 aliphatic heterocycles. The highest BCUT2D eigenvalue weighted by atomic mass is 16.2. The molecule has 1 fully saturated rings. The van der Waals surface area contributed by atoms with Crippen LogP contribution in [0.2, 0.25) is 0 Å². The van der Waals surface area contributed by atoms with Gasteiger partial charge in [0.25, 0.3) is 5.91 Å². The van der Waals surface area contributed by atoms with E-state index < -0.39 is 5.66 Å². The number of nitrogens with zero attached hydrogens (tertiary/aromatic N) is 3. The van der Waals surface area contributed by atoms with Gasteiger partial charge in [0.2, 0.25) is 11.8 Å². The summed E-state index contributed by atoms with van der Waals surface area (Å²) in [7, 11) is 4.01. The van der Waals surface area contributed by atoms with Crippen LogP contribution in [-0.4, -0.2) is 53.8 Å². The van der Waals surface area contributed by atoms with Crippen molar-refractivity contribution in [1.29, 1.82) is 0 Å². The van der Waals surface area contributed by atoms with E-state index in [0.29, 0.717) is 30.6 Å². The molecular weight excluding hydrogens is 392 g/mol. The Labute approximate surface area is 182 Å². The molecule has 2 aromatic rings. The molecule has 0 aliphatic carbocycles. The topological polar surface area (TPSA) is 73.0 Å². The Morgan fingerprint density at radius 1 is 1.06 bits per heavy atom. The summed E-state index contributed by atoms with van der Waals surface area (Å²) in [5.74, 6) is -0.481. The Bertz CT molecular complexity index is 1030. The molecule has 7 nitrogen and oxygen atoms in total. The van der Waals surface area contributed by atoms with Crippen LogP contribution in [-0.2, 0) is 22.7 Å². The van der Waals surface area contributed by atoms with Gasteiger partial charge in [0.05, 0.1) is 11.3 Å². The van der Waals surface area contributed by atoms with Crippen LogP contribution in [0.5, 0.6) is 0 Å². The molecule has 2 heterocycles. The Morgan fingerprint density at radius 3 is 2.48 bits per heavy atom. The normalized spacial score (nSPS) is 20.1. The first-order valence-corrected chi connectivity index (χ1v) is 10.5. The third-order valence-corrected chi connectivity index (χ3v) is 6.13. The molecule has 2 aromatic carbocycles. The van der Waals surface area contributed by atoms with Gasteiger partial charge in [-0.2, -0.15) is 0 Å². The summed E-state index contributed by atoms with van der Waals surface area (Å²) in [4.78, 5) is 44.1. The highest BCUT2D eigenvalue weighted by molar-refractivity contribution is 6.11. The van der Waals surface area contributed by atoms with Crippen LogP contribution < -0.4 is 10.2 Å². The minimum Gasteiger partial charge on any atom is -0.350 e. The summed E-state index contributed by atoms with van der Waals surface area (Å²) in [5.41, 5.74) is 2.45. The quantitative estimate of drug-likeness (QED) is 0.779. The van der Waals surface area contributed by atoms with Crippen LogP contribution in [0.1, 0.15) is 41.3 Å². The molecular formula is C24H28N4O3. The van der Waals surface area contributed by atoms with Gasteiger partial charge in [-0.15, -0.1) is 0 Å². The van der Waals surface area contributed by atoms with E-state index in [0.717, 1.165) is 17.7 Å². The molecule has 2 aliphatic rings. The predicted molar refractivity (Wildman–Crippen MR) is 118 cm³/mol. The second-order valence-corrected chi connectivity index (χ2v) is 8.64. The third kappa shape index (κ3) is 3.81. The number of para-hydroxylation sites is 1. The minimum absolute atomic E-state index is 0.0227. The summed E-state index contributed by atoms with van der Waals surface area (Å²) in [6, 6.07) is 15.1. The molecule has 162 valence electrons. The number of amides is 3. The van der Waals surface area contributed by atoms with Crippen molar-refractivity contribution in [2.24, 2.45) is 0 Å². The van der Waals surface area contributed by atoms with Crippen LogP contribution in [0.15, 0.2) is 48.5 Å². The number of anilines is 1. The van der Waals surface area contributed by atoms with E-state index in [2.05, 4.69) is 16.3 Å².